The van der Waals surface area contributed by atoms with Gasteiger partial charge in [0.25, 0.3) is 0 Å². The maximum atomic E-state index is 5.46. The van der Waals surface area contributed by atoms with Crippen LogP contribution in [0.25, 0.3) is 11.3 Å². The molecule has 0 unspecified atom stereocenters. The molecule has 0 aliphatic carbocycles. The molecule has 0 saturated carbocycles. The highest BCUT2D eigenvalue weighted by Crippen LogP contribution is 2.32. The standard InChI is InChI=1S/C13H15NO3/c1-4-16-12-6-5-10(8-13(12)15-3)11-7-9(2)17-14-11/h5-8H,4H2,1-3H3. The molecule has 0 aliphatic rings. The molecular weight excluding hydrogens is 218 g/mol. The number of hydrogen-bond donors (Lipinski definition) is 0. The van der Waals surface area contributed by atoms with E-state index in [1.807, 2.05) is 38.1 Å². The number of hydrogen-bond acceptors (Lipinski definition) is 4. The van der Waals surface area contributed by atoms with Gasteiger partial charge in [-0.2, -0.15) is 0 Å². The zero-order valence-corrected chi connectivity index (χ0v) is 10.2. The molecule has 1 aromatic carbocycles. The van der Waals surface area contributed by atoms with Crippen LogP contribution in [0.15, 0.2) is 28.8 Å². The summed E-state index contributed by atoms with van der Waals surface area (Å²) in [7, 11) is 1.62. The molecule has 90 valence electrons. The van der Waals surface area contributed by atoms with Crippen molar-refractivity contribution in [2.75, 3.05) is 13.7 Å². The van der Waals surface area contributed by atoms with E-state index >= 15 is 0 Å². The lowest BCUT2D eigenvalue weighted by molar-refractivity contribution is 0.311. The Morgan fingerprint density at radius 2 is 2.06 bits per heavy atom. The quantitative estimate of drug-likeness (QED) is 0.814. The fraction of sp³-hybridized carbons (Fsp3) is 0.308. The van der Waals surface area contributed by atoms with E-state index < -0.39 is 0 Å². The van der Waals surface area contributed by atoms with Crippen molar-refractivity contribution in [1.82, 2.24) is 5.16 Å². The molecule has 1 heterocycles. The molecule has 2 aromatic rings. The van der Waals surface area contributed by atoms with Crippen molar-refractivity contribution in [2.24, 2.45) is 0 Å². The number of aryl methyl sites for hydroxylation is 1. The lowest BCUT2D eigenvalue weighted by Gasteiger charge is -2.09. The highest BCUT2D eigenvalue weighted by Gasteiger charge is 2.09. The predicted octanol–water partition coefficient (Wildman–Crippen LogP) is 3.06. The number of aromatic nitrogens is 1. The first-order chi connectivity index (χ1) is 8.24. The molecule has 0 atom stereocenters. The molecule has 17 heavy (non-hydrogen) atoms. The number of rotatable bonds is 4. The van der Waals surface area contributed by atoms with Gasteiger partial charge in [-0.3, -0.25) is 0 Å². The van der Waals surface area contributed by atoms with Gasteiger partial charge in [-0.25, -0.2) is 0 Å². The zero-order chi connectivity index (χ0) is 12.3. The topological polar surface area (TPSA) is 44.5 Å². The minimum Gasteiger partial charge on any atom is -0.493 e. The smallest absolute Gasteiger partial charge is 0.161 e. The van der Waals surface area contributed by atoms with Gasteiger partial charge in [0.1, 0.15) is 11.5 Å². The third kappa shape index (κ3) is 2.41. The van der Waals surface area contributed by atoms with Crippen LogP contribution in [-0.4, -0.2) is 18.9 Å². The molecule has 0 spiro atoms. The Morgan fingerprint density at radius 1 is 1.24 bits per heavy atom. The maximum absolute atomic E-state index is 5.46. The van der Waals surface area contributed by atoms with Crippen molar-refractivity contribution >= 4 is 0 Å². The molecule has 0 fully saturated rings. The third-order valence-electron chi connectivity index (χ3n) is 2.39. The average molecular weight is 233 g/mol. The first kappa shape index (κ1) is 11.5. The van der Waals surface area contributed by atoms with E-state index in [1.54, 1.807) is 7.11 Å². The molecule has 4 heteroatoms. The first-order valence-corrected chi connectivity index (χ1v) is 5.49. The van der Waals surface area contributed by atoms with Crippen molar-refractivity contribution in [1.29, 1.82) is 0 Å². The van der Waals surface area contributed by atoms with Crippen LogP contribution in [0.1, 0.15) is 12.7 Å². The van der Waals surface area contributed by atoms with Gasteiger partial charge >= 0.3 is 0 Å². The second kappa shape index (κ2) is 4.91. The second-order valence-electron chi connectivity index (χ2n) is 3.62. The van der Waals surface area contributed by atoms with Gasteiger partial charge in [-0.15, -0.1) is 0 Å². The summed E-state index contributed by atoms with van der Waals surface area (Å²) in [5.41, 5.74) is 1.74. The SMILES string of the molecule is CCOc1ccc(-c2cc(C)on2)cc1OC. The summed E-state index contributed by atoms with van der Waals surface area (Å²) < 4.78 is 15.8. The van der Waals surface area contributed by atoms with Crippen LogP contribution in [0.3, 0.4) is 0 Å². The Kier molecular flexibility index (Phi) is 3.32. The van der Waals surface area contributed by atoms with Gasteiger partial charge in [0, 0.05) is 11.6 Å². The number of ether oxygens (including phenoxy) is 2. The number of methoxy groups -OCH3 is 1. The minimum absolute atomic E-state index is 0.610. The van der Waals surface area contributed by atoms with Crippen LogP contribution in [0.2, 0.25) is 0 Å². The monoisotopic (exact) mass is 233 g/mol. The van der Waals surface area contributed by atoms with Crippen molar-refractivity contribution in [3.05, 3.63) is 30.0 Å². The highest BCUT2D eigenvalue weighted by molar-refractivity contribution is 5.63. The van der Waals surface area contributed by atoms with Gasteiger partial charge < -0.3 is 14.0 Å². The van der Waals surface area contributed by atoms with Crippen molar-refractivity contribution in [3.8, 4) is 22.8 Å². The highest BCUT2D eigenvalue weighted by atomic mass is 16.5. The second-order valence-corrected chi connectivity index (χ2v) is 3.62. The summed E-state index contributed by atoms with van der Waals surface area (Å²) in [6.45, 7) is 4.41. The molecule has 1 aromatic heterocycles. The van der Waals surface area contributed by atoms with Gasteiger partial charge in [-0.05, 0) is 32.0 Å². The fourth-order valence-corrected chi connectivity index (χ4v) is 1.60. The Hall–Kier alpha value is -1.97. The Labute approximate surface area is 100 Å². The van der Waals surface area contributed by atoms with Crippen LogP contribution in [0, 0.1) is 6.92 Å². The Bertz CT molecular complexity index is 505. The normalized spacial score (nSPS) is 10.3. The summed E-state index contributed by atoms with van der Waals surface area (Å²) in [5.74, 6) is 2.22. The van der Waals surface area contributed by atoms with E-state index in [1.165, 1.54) is 0 Å². The Balaban J connectivity index is 2.37. The van der Waals surface area contributed by atoms with E-state index in [4.69, 9.17) is 14.0 Å². The fourth-order valence-electron chi connectivity index (χ4n) is 1.60. The summed E-state index contributed by atoms with van der Waals surface area (Å²) in [4.78, 5) is 0. The van der Waals surface area contributed by atoms with Gasteiger partial charge in [0.15, 0.2) is 11.5 Å². The van der Waals surface area contributed by atoms with E-state index in [0.29, 0.717) is 12.4 Å². The van der Waals surface area contributed by atoms with Gasteiger partial charge in [-0.1, -0.05) is 5.16 Å². The van der Waals surface area contributed by atoms with E-state index in [-0.39, 0.29) is 0 Å². The molecule has 0 bridgehead atoms. The van der Waals surface area contributed by atoms with Crippen LogP contribution in [0.5, 0.6) is 11.5 Å². The van der Waals surface area contributed by atoms with E-state index in [9.17, 15) is 0 Å². The third-order valence-corrected chi connectivity index (χ3v) is 2.39. The zero-order valence-electron chi connectivity index (χ0n) is 10.2. The van der Waals surface area contributed by atoms with E-state index in [2.05, 4.69) is 5.16 Å². The maximum Gasteiger partial charge on any atom is 0.161 e. The molecule has 4 nitrogen and oxygen atoms in total. The molecule has 2 rings (SSSR count). The lowest BCUT2D eigenvalue weighted by Crippen LogP contribution is -1.95. The van der Waals surface area contributed by atoms with E-state index in [0.717, 1.165) is 22.8 Å². The van der Waals surface area contributed by atoms with Gasteiger partial charge in [0.05, 0.1) is 13.7 Å². The molecule has 0 saturated heterocycles. The summed E-state index contributed by atoms with van der Waals surface area (Å²) >= 11 is 0. The Morgan fingerprint density at radius 3 is 2.65 bits per heavy atom. The minimum atomic E-state index is 0.610. The first-order valence-electron chi connectivity index (χ1n) is 5.49. The van der Waals surface area contributed by atoms with Crippen molar-refractivity contribution < 1.29 is 14.0 Å². The summed E-state index contributed by atoms with van der Waals surface area (Å²) in [6.07, 6.45) is 0. The predicted molar refractivity (Wildman–Crippen MR) is 64.4 cm³/mol. The summed E-state index contributed by atoms with van der Waals surface area (Å²) in [5, 5.41) is 3.97. The van der Waals surface area contributed by atoms with Crippen LogP contribution in [-0.2, 0) is 0 Å². The molecule has 0 amide bonds. The van der Waals surface area contributed by atoms with Crippen LogP contribution >= 0.6 is 0 Å². The van der Waals surface area contributed by atoms with Crippen LogP contribution in [0.4, 0.5) is 0 Å². The summed E-state index contributed by atoms with van der Waals surface area (Å²) in [6, 6.07) is 7.59. The lowest BCUT2D eigenvalue weighted by atomic mass is 10.1. The van der Waals surface area contributed by atoms with Crippen molar-refractivity contribution in [3.63, 3.8) is 0 Å². The molecule has 0 radical (unpaired) electrons. The number of benzene rings is 1. The van der Waals surface area contributed by atoms with Crippen LogP contribution < -0.4 is 9.47 Å². The average Bonchev–Trinajstić information content (AvgIpc) is 2.77. The largest absolute Gasteiger partial charge is 0.493 e. The molecular formula is C13H15NO3. The molecule has 0 N–H and O–H groups in total. The number of nitrogens with zero attached hydrogens (tertiary/aromatic N) is 1. The van der Waals surface area contributed by atoms with Crippen molar-refractivity contribution in [2.45, 2.75) is 13.8 Å². The van der Waals surface area contributed by atoms with Gasteiger partial charge in [0.2, 0.25) is 0 Å². The molecule has 0 aliphatic heterocycles.